The molecule has 2 rings (SSSR count). The Balaban J connectivity index is 2.00. The van der Waals surface area contributed by atoms with Crippen LogP contribution in [0.15, 0.2) is 29.6 Å². The fraction of sp³-hybridized carbons (Fsp3) is 0.312. The first kappa shape index (κ1) is 14.7. The van der Waals surface area contributed by atoms with E-state index in [1.54, 1.807) is 42.3 Å². The molecule has 1 heterocycles. The Kier molecular flexibility index (Phi) is 4.55. The predicted molar refractivity (Wildman–Crippen MR) is 80.4 cm³/mol. The molecule has 0 spiro atoms. The summed E-state index contributed by atoms with van der Waals surface area (Å²) in [6, 6.07) is 7.01. The zero-order valence-electron chi connectivity index (χ0n) is 11.9. The Hall–Kier alpha value is -1.68. The van der Waals surface area contributed by atoms with Gasteiger partial charge < -0.3 is 4.90 Å². The number of hydrogen-bond donors (Lipinski definition) is 0. The summed E-state index contributed by atoms with van der Waals surface area (Å²) in [5, 5.41) is 2.03. The van der Waals surface area contributed by atoms with Crippen molar-refractivity contribution in [1.82, 2.24) is 4.90 Å². The summed E-state index contributed by atoms with van der Waals surface area (Å²) in [6.07, 6.45) is 0.234. The molecule has 0 fully saturated rings. The molecule has 0 unspecified atom stereocenters. The van der Waals surface area contributed by atoms with Gasteiger partial charge in [-0.1, -0.05) is 12.1 Å². The average Bonchev–Trinajstić information content (AvgIpc) is 2.79. The monoisotopic (exact) mass is 291 g/mol. The standard InChI is InChI=1S/C16H18FNOS/c1-11-4-5-13(8-14(11)17)9-16(19)18(3)10-15-12(2)6-7-20-15/h4-8H,9-10H2,1-3H3. The largest absolute Gasteiger partial charge is 0.340 e. The maximum atomic E-state index is 13.5. The minimum Gasteiger partial charge on any atom is -0.340 e. The Labute approximate surface area is 122 Å². The lowest BCUT2D eigenvalue weighted by Crippen LogP contribution is -2.27. The number of amides is 1. The lowest BCUT2D eigenvalue weighted by atomic mass is 10.1. The summed E-state index contributed by atoms with van der Waals surface area (Å²) in [7, 11) is 1.78. The highest BCUT2D eigenvalue weighted by Gasteiger charge is 2.12. The number of carbonyl (C=O) groups excluding carboxylic acids is 1. The Morgan fingerprint density at radius 2 is 2.00 bits per heavy atom. The SMILES string of the molecule is Cc1ccc(CC(=O)N(C)Cc2sccc2C)cc1F. The van der Waals surface area contributed by atoms with Crippen LogP contribution in [-0.4, -0.2) is 17.9 Å². The molecule has 0 saturated carbocycles. The van der Waals surface area contributed by atoms with Gasteiger partial charge in [-0.3, -0.25) is 4.79 Å². The van der Waals surface area contributed by atoms with Crippen molar-refractivity contribution >= 4 is 17.2 Å². The van der Waals surface area contributed by atoms with Gasteiger partial charge in [0.1, 0.15) is 5.82 Å². The maximum Gasteiger partial charge on any atom is 0.227 e. The zero-order valence-corrected chi connectivity index (χ0v) is 12.8. The van der Waals surface area contributed by atoms with Crippen molar-refractivity contribution in [3.8, 4) is 0 Å². The molecule has 0 atom stereocenters. The topological polar surface area (TPSA) is 20.3 Å². The van der Waals surface area contributed by atoms with Crippen LogP contribution in [0.4, 0.5) is 4.39 Å². The van der Waals surface area contributed by atoms with Gasteiger partial charge >= 0.3 is 0 Å². The molecule has 0 N–H and O–H groups in total. The third-order valence-electron chi connectivity index (χ3n) is 3.37. The van der Waals surface area contributed by atoms with Crippen LogP contribution in [0.25, 0.3) is 0 Å². The molecule has 0 aliphatic rings. The van der Waals surface area contributed by atoms with E-state index in [4.69, 9.17) is 0 Å². The van der Waals surface area contributed by atoms with Crippen molar-refractivity contribution < 1.29 is 9.18 Å². The Bertz CT molecular complexity index is 621. The summed E-state index contributed by atoms with van der Waals surface area (Å²) < 4.78 is 13.5. The third kappa shape index (κ3) is 3.45. The molecule has 0 saturated heterocycles. The number of likely N-dealkylation sites (N-methyl/N-ethyl adjacent to an activating group) is 1. The number of carbonyl (C=O) groups is 1. The maximum absolute atomic E-state index is 13.5. The molecule has 0 aliphatic heterocycles. The second-order valence-corrected chi connectivity index (χ2v) is 6.04. The van der Waals surface area contributed by atoms with Crippen molar-refractivity contribution in [1.29, 1.82) is 0 Å². The molecule has 1 aromatic heterocycles. The van der Waals surface area contributed by atoms with Crippen molar-refractivity contribution in [3.05, 3.63) is 57.0 Å². The van der Waals surface area contributed by atoms with E-state index < -0.39 is 0 Å². The van der Waals surface area contributed by atoms with Gasteiger partial charge in [0.05, 0.1) is 13.0 Å². The minimum absolute atomic E-state index is 0.000975. The molecule has 0 radical (unpaired) electrons. The van der Waals surface area contributed by atoms with Gasteiger partial charge in [0.2, 0.25) is 5.91 Å². The fourth-order valence-corrected chi connectivity index (χ4v) is 2.88. The third-order valence-corrected chi connectivity index (χ3v) is 4.37. The second kappa shape index (κ2) is 6.18. The van der Waals surface area contributed by atoms with Crippen LogP contribution in [0.3, 0.4) is 0 Å². The van der Waals surface area contributed by atoms with E-state index in [9.17, 15) is 9.18 Å². The summed E-state index contributed by atoms with van der Waals surface area (Å²) in [5.41, 5.74) is 2.52. The molecule has 1 amide bonds. The molecule has 0 aliphatic carbocycles. The lowest BCUT2D eigenvalue weighted by molar-refractivity contribution is -0.129. The van der Waals surface area contributed by atoms with Crippen LogP contribution in [0.1, 0.15) is 21.6 Å². The normalized spacial score (nSPS) is 10.6. The number of rotatable bonds is 4. The first-order valence-electron chi connectivity index (χ1n) is 6.49. The number of hydrogen-bond acceptors (Lipinski definition) is 2. The van der Waals surface area contributed by atoms with E-state index in [1.165, 1.54) is 16.5 Å². The van der Waals surface area contributed by atoms with Gasteiger partial charge in [0.15, 0.2) is 0 Å². The molecule has 106 valence electrons. The first-order valence-corrected chi connectivity index (χ1v) is 7.37. The van der Waals surface area contributed by atoms with Gasteiger partial charge in [-0.05, 0) is 48.1 Å². The molecule has 2 aromatic rings. The summed E-state index contributed by atoms with van der Waals surface area (Å²) in [5.74, 6) is -0.256. The number of benzene rings is 1. The van der Waals surface area contributed by atoms with Crippen LogP contribution in [-0.2, 0) is 17.8 Å². The van der Waals surface area contributed by atoms with E-state index in [0.29, 0.717) is 17.7 Å². The lowest BCUT2D eigenvalue weighted by Gasteiger charge is -2.17. The van der Waals surface area contributed by atoms with Gasteiger partial charge in [-0.2, -0.15) is 0 Å². The summed E-state index contributed by atoms with van der Waals surface area (Å²) in [4.78, 5) is 15.0. The molecular weight excluding hydrogens is 273 g/mol. The van der Waals surface area contributed by atoms with Gasteiger partial charge in [-0.15, -0.1) is 11.3 Å². The van der Waals surface area contributed by atoms with E-state index in [0.717, 1.165) is 0 Å². The average molecular weight is 291 g/mol. The molecule has 20 heavy (non-hydrogen) atoms. The van der Waals surface area contributed by atoms with Crippen LogP contribution in [0.5, 0.6) is 0 Å². The number of halogens is 1. The van der Waals surface area contributed by atoms with Crippen LogP contribution < -0.4 is 0 Å². The molecule has 0 bridgehead atoms. The van der Waals surface area contributed by atoms with Crippen LogP contribution >= 0.6 is 11.3 Å². The highest BCUT2D eigenvalue weighted by atomic mass is 32.1. The quantitative estimate of drug-likeness (QED) is 0.841. The molecule has 1 aromatic carbocycles. The number of aryl methyl sites for hydroxylation is 2. The van der Waals surface area contributed by atoms with E-state index in [1.807, 2.05) is 18.4 Å². The first-order chi connectivity index (χ1) is 9.47. The van der Waals surface area contributed by atoms with Crippen LogP contribution in [0, 0.1) is 19.7 Å². The highest BCUT2D eigenvalue weighted by molar-refractivity contribution is 7.10. The van der Waals surface area contributed by atoms with Gasteiger partial charge in [0.25, 0.3) is 0 Å². The van der Waals surface area contributed by atoms with Crippen LogP contribution in [0.2, 0.25) is 0 Å². The Morgan fingerprint density at radius 3 is 2.60 bits per heavy atom. The van der Waals surface area contributed by atoms with E-state index in [-0.39, 0.29) is 18.1 Å². The van der Waals surface area contributed by atoms with E-state index >= 15 is 0 Å². The zero-order chi connectivity index (χ0) is 14.7. The fourth-order valence-electron chi connectivity index (χ4n) is 1.93. The molecular formula is C16H18FNOS. The van der Waals surface area contributed by atoms with Gasteiger partial charge in [-0.25, -0.2) is 4.39 Å². The molecule has 2 nitrogen and oxygen atoms in total. The number of thiophene rings is 1. The van der Waals surface area contributed by atoms with Crippen molar-refractivity contribution in [2.24, 2.45) is 0 Å². The van der Waals surface area contributed by atoms with Crippen molar-refractivity contribution in [3.63, 3.8) is 0 Å². The van der Waals surface area contributed by atoms with Gasteiger partial charge in [0, 0.05) is 11.9 Å². The second-order valence-electron chi connectivity index (χ2n) is 5.04. The summed E-state index contributed by atoms with van der Waals surface area (Å²) in [6.45, 7) is 4.36. The van der Waals surface area contributed by atoms with Crippen molar-refractivity contribution in [2.45, 2.75) is 26.8 Å². The number of nitrogens with zero attached hydrogens (tertiary/aromatic N) is 1. The highest BCUT2D eigenvalue weighted by Crippen LogP contribution is 2.18. The minimum atomic E-state index is -0.257. The van der Waals surface area contributed by atoms with E-state index in [2.05, 4.69) is 0 Å². The smallest absolute Gasteiger partial charge is 0.227 e. The van der Waals surface area contributed by atoms with Crippen molar-refractivity contribution in [2.75, 3.05) is 7.05 Å². The molecule has 4 heteroatoms. The Morgan fingerprint density at radius 1 is 1.25 bits per heavy atom. The summed E-state index contributed by atoms with van der Waals surface area (Å²) >= 11 is 1.65. The predicted octanol–water partition coefficient (Wildman–Crippen LogP) is 3.71.